The van der Waals surface area contributed by atoms with Crippen LogP contribution in [0.3, 0.4) is 0 Å². The highest BCUT2D eigenvalue weighted by Crippen LogP contribution is 2.22. The molecular weight excluding hydrogens is 310 g/mol. The first-order valence-corrected chi connectivity index (χ1v) is 7.18. The Morgan fingerprint density at radius 1 is 1.42 bits per heavy atom. The van der Waals surface area contributed by atoms with E-state index in [1.807, 2.05) is 0 Å². The van der Waals surface area contributed by atoms with Gasteiger partial charge in [0.15, 0.2) is 0 Å². The summed E-state index contributed by atoms with van der Waals surface area (Å²) in [5, 5.41) is 0. The van der Waals surface area contributed by atoms with Crippen molar-refractivity contribution in [2.45, 2.75) is 19.4 Å². The van der Waals surface area contributed by atoms with Gasteiger partial charge in [-0.1, -0.05) is 0 Å². The van der Waals surface area contributed by atoms with Gasteiger partial charge in [-0.25, -0.2) is 4.98 Å². The summed E-state index contributed by atoms with van der Waals surface area (Å²) in [4.78, 5) is 22.9. The molecule has 0 spiro atoms. The first kappa shape index (κ1) is 14.5. The van der Waals surface area contributed by atoms with Crippen LogP contribution in [0.15, 0.2) is 15.6 Å². The zero-order chi connectivity index (χ0) is 14.0. The second kappa shape index (κ2) is 5.60. The van der Waals surface area contributed by atoms with E-state index in [1.165, 1.54) is 6.33 Å². The molecule has 2 heterocycles. The van der Waals surface area contributed by atoms with Crippen molar-refractivity contribution >= 4 is 21.7 Å². The standard InChI is InChI=1S/C12H20BrN5O/c1-12(2,7-14)18-5-3-17(4-6-18)10-9(13)11(19)16-8-15-10/h8H,3-7,14H2,1-2H3,(H,15,16,19). The summed E-state index contributed by atoms with van der Waals surface area (Å²) >= 11 is 3.30. The van der Waals surface area contributed by atoms with Crippen LogP contribution in [0.25, 0.3) is 0 Å². The number of anilines is 1. The van der Waals surface area contributed by atoms with Gasteiger partial charge in [-0.15, -0.1) is 0 Å². The number of aromatic amines is 1. The Balaban J connectivity index is 2.08. The van der Waals surface area contributed by atoms with E-state index in [2.05, 4.69) is 49.5 Å². The van der Waals surface area contributed by atoms with Crippen LogP contribution < -0.4 is 16.2 Å². The van der Waals surface area contributed by atoms with Crippen molar-refractivity contribution in [2.75, 3.05) is 37.6 Å². The van der Waals surface area contributed by atoms with E-state index in [-0.39, 0.29) is 11.1 Å². The molecule has 106 valence electrons. The van der Waals surface area contributed by atoms with E-state index in [0.717, 1.165) is 26.2 Å². The Morgan fingerprint density at radius 2 is 2.05 bits per heavy atom. The van der Waals surface area contributed by atoms with E-state index in [0.29, 0.717) is 16.8 Å². The van der Waals surface area contributed by atoms with Crippen LogP contribution >= 0.6 is 15.9 Å². The van der Waals surface area contributed by atoms with Gasteiger partial charge in [0.25, 0.3) is 5.56 Å². The number of nitrogens with two attached hydrogens (primary N) is 1. The van der Waals surface area contributed by atoms with Crippen molar-refractivity contribution in [3.63, 3.8) is 0 Å². The molecule has 6 nitrogen and oxygen atoms in total. The van der Waals surface area contributed by atoms with Gasteiger partial charge >= 0.3 is 0 Å². The smallest absolute Gasteiger partial charge is 0.267 e. The normalized spacial score (nSPS) is 17.8. The summed E-state index contributed by atoms with van der Waals surface area (Å²) in [6.07, 6.45) is 1.44. The first-order chi connectivity index (χ1) is 8.95. The molecule has 0 aliphatic carbocycles. The lowest BCUT2D eigenvalue weighted by molar-refractivity contribution is 0.119. The minimum absolute atomic E-state index is 0.0188. The van der Waals surface area contributed by atoms with Crippen molar-refractivity contribution in [2.24, 2.45) is 5.73 Å². The molecule has 1 aromatic rings. The fourth-order valence-electron chi connectivity index (χ4n) is 2.25. The predicted molar refractivity (Wildman–Crippen MR) is 79.5 cm³/mol. The van der Waals surface area contributed by atoms with Crippen LogP contribution in [0.2, 0.25) is 0 Å². The second-order valence-corrected chi connectivity index (χ2v) is 6.15. The highest BCUT2D eigenvalue weighted by atomic mass is 79.9. The third-order valence-corrected chi connectivity index (χ3v) is 4.43. The fourth-order valence-corrected chi connectivity index (χ4v) is 2.71. The molecule has 19 heavy (non-hydrogen) atoms. The molecule has 0 atom stereocenters. The molecule has 1 aromatic heterocycles. The molecule has 3 N–H and O–H groups in total. The Morgan fingerprint density at radius 3 is 2.63 bits per heavy atom. The van der Waals surface area contributed by atoms with Crippen LogP contribution in [-0.2, 0) is 0 Å². The third-order valence-electron chi connectivity index (χ3n) is 3.71. The van der Waals surface area contributed by atoms with E-state index in [1.54, 1.807) is 0 Å². The molecule has 0 radical (unpaired) electrons. The largest absolute Gasteiger partial charge is 0.353 e. The maximum atomic E-state index is 11.6. The van der Waals surface area contributed by atoms with E-state index in [9.17, 15) is 4.79 Å². The van der Waals surface area contributed by atoms with E-state index < -0.39 is 0 Å². The fraction of sp³-hybridized carbons (Fsp3) is 0.667. The summed E-state index contributed by atoms with van der Waals surface area (Å²) in [6.45, 7) is 8.49. The number of aromatic nitrogens is 2. The van der Waals surface area contributed by atoms with Gasteiger partial charge in [0.1, 0.15) is 10.3 Å². The molecular formula is C12H20BrN5O. The van der Waals surface area contributed by atoms with Crippen molar-refractivity contribution in [3.8, 4) is 0 Å². The van der Waals surface area contributed by atoms with Gasteiger partial charge in [-0.3, -0.25) is 9.69 Å². The van der Waals surface area contributed by atoms with Crippen molar-refractivity contribution in [3.05, 3.63) is 21.2 Å². The molecule has 0 saturated carbocycles. The van der Waals surface area contributed by atoms with Gasteiger partial charge in [-0.2, -0.15) is 0 Å². The number of piperazine rings is 1. The zero-order valence-corrected chi connectivity index (χ0v) is 12.9. The molecule has 0 amide bonds. The average molecular weight is 330 g/mol. The maximum Gasteiger partial charge on any atom is 0.267 e. The number of nitrogens with one attached hydrogen (secondary N) is 1. The number of rotatable bonds is 3. The molecule has 1 aliphatic heterocycles. The summed E-state index contributed by atoms with van der Waals surface area (Å²) in [5.41, 5.74) is 5.68. The molecule has 0 unspecified atom stereocenters. The van der Waals surface area contributed by atoms with Crippen molar-refractivity contribution in [1.82, 2.24) is 14.9 Å². The SMILES string of the molecule is CC(C)(CN)N1CCN(c2nc[nH]c(=O)c2Br)CC1. The van der Waals surface area contributed by atoms with Crippen LogP contribution in [0, 0.1) is 0 Å². The van der Waals surface area contributed by atoms with E-state index >= 15 is 0 Å². The molecule has 2 rings (SSSR count). The summed E-state index contributed by atoms with van der Waals surface area (Å²) in [7, 11) is 0. The minimum atomic E-state index is -0.144. The van der Waals surface area contributed by atoms with Gasteiger partial charge in [0, 0.05) is 38.3 Å². The topological polar surface area (TPSA) is 78.2 Å². The Kier molecular flexibility index (Phi) is 4.27. The van der Waals surface area contributed by atoms with Crippen LogP contribution in [-0.4, -0.2) is 53.1 Å². The molecule has 7 heteroatoms. The lowest BCUT2D eigenvalue weighted by Gasteiger charge is -2.43. The van der Waals surface area contributed by atoms with Crippen LogP contribution in [0.5, 0.6) is 0 Å². The number of halogens is 1. The van der Waals surface area contributed by atoms with Crippen molar-refractivity contribution < 1.29 is 0 Å². The zero-order valence-electron chi connectivity index (χ0n) is 11.3. The third kappa shape index (κ3) is 2.98. The summed E-state index contributed by atoms with van der Waals surface area (Å²) < 4.78 is 0.501. The number of hydrogen-bond donors (Lipinski definition) is 2. The summed E-state index contributed by atoms with van der Waals surface area (Å²) in [6, 6.07) is 0. The first-order valence-electron chi connectivity index (χ1n) is 6.39. The van der Waals surface area contributed by atoms with Gasteiger partial charge in [0.05, 0.1) is 6.33 Å². The average Bonchev–Trinajstić information content (AvgIpc) is 2.42. The molecule has 1 saturated heterocycles. The molecule has 0 aromatic carbocycles. The van der Waals surface area contributed by atoms with Crippen molar-refractivity contribution in [1.29, 1.82) is 0 Å². The quantitative estimate of drug-likeness (QED) is 0.838. The van der Waals surface area contributed by atoms with E-state index in [4.69, 9.17) is 5.73 Å². The lowest BCUT2D eigenvalue weighted by atomic mass is 10.0. The maximum absolute atomic E-state index is 11.6. The monoisotopic (exact) mass is 329 g/mol. The van der Waals surface area contributed by atoms with Gasteiger partial charge in [0.2, 0.25) is 0 Å². The Labute approximate surface area is 121 Å². The molecule has 1 aliphatic rings. The number of H-pyrrole nitrogens is 1. The Bertz CT molecular complexity index is 493. The van der Waals surface area contributed by atoms with Gasteiger partial charge < -0.3 is 15.6 Å². The highest BCUT2D eigenvalue weighted by Gasteiger charge is 2.29. The molecule has 0 bridgehead atoms. The van der Waals surface area contributed by atoms with Crippen LogP contribution in [0.1, 0.15) is 13.8 Å². The van der Waals surface area contributed by atoms with Crippen LogP contribution in [0.4, 0.5) is 5.82 Å². The second-order valence-electron chi connectivity index (χ2n) is 5.36. The highest BCUT2D eigenvalue weighted by molar-refractivity contribution is 9.10. The summed E-state index contributed by atoms with van der Waals surface area (Å²) in [5.74, 6) is 0.717. The minimum Gasteiger partial charge on any atom is -0.353 e. The number of nitrogens with zero attached hydrogens (tertiary/aromatic N) is 3. The molecule has 1 fully saturated rings. The van der Waals surface area contributed by atoms with Gasteiger partial charge in [-0.05, 0) is 29.8 Å². The predicted octanol–water partition coefficient (Wildman–Crippen LogP) is 0.392. The lowest BCUT2D eigenvalue weighted by Crippen LogP contribution is -2.57. The Hall–Kier alpha value is -0.920. The number of hydrogen-bond acceptors (Lipinski definition) is 5.